The normalized spacial score (nSPS) is 15.3. The first-order chi connectivity index (χ1) is 15.9. The molecule has 3 atom stereocenters. The molecule has 198 valence electrons. The summed E-state index contributed by atoms with van der Waals surface area (Å²) in [6.07, 6.45) is 22.1. The minimum atomic E-state index is -1.82. The van der Waals surface area contributed by atoms with Crippen molar-refractivity contribution in [1.82, 2.24) is 0 Å². The second-order valence-corrected chi connectivity index (χ2v) is 10.4. The zero-order valence-electron chi connectivity index (χ0n) is 22.5. The first-order valence-electron chi connectivity index (χ1n) is 14.5. The molecular weight excluding hydrogens is 412 g/mol. The van der Waals surface area contributed by atoms with Gasteiger partial charge in [0.1, 0.15) is 6.10 Å². The molecule has 0 bridgehead atoms. The van der Waals surface area contributed by atoms with E-state index in [1.165, 1.54) is 96.8 Å². The Balaban J connectivity index is 3.99. The zero-order chi connectivity index (χ0) is 24.8. The molecule has 0 amide bonds. The van der Waals surface area contributed by atoms with Crippen molar-refractivity contribution in [3.63, 3.8) is 0 Å². The van der Waals surface area contributed by atoms with Gasteiger partial charge in [0.25, 0.3) is 0 Å². The van der Waals surface area contributed by atoms with Gasteiger partial charge >= 0.3 is 0 Å². The minimum absolute atomic E-state index is 0.231. The van der Waals surface area contributed by atoms with Gasteiger partial charge in [-0.2, -0.15) is 0 Å². The van der Waals surface area contributed by atoms with Crippen molar-refractivity contribution in [2.75, 3.05) is 0 Å². The van der Waals surface area contributed by atoms with E-state index in [4.69, 9.17) is 0 Å². The molecule has 0 rings (SSSR count). The summed E-state index contributed by atoms with van der Waals surface area (Å²) in [6, 6.07) is 0. The lowest BCUT2D eigenvalue weighted by Crippen LogP contribution is -2.53. The molecule has 0 saturated carbocycles. The number of aliphatic hydroxyl groups excluding tert-OH is 2. The third kappa shape index (κ3) is 16.8. The number of aliphatic hydroxyl groups is 3. The van der Waals surface area contributed by atoms with E-state index in [0.29, 0.717) is 12.8 Å². The molecule has 0 aromatic rings. The van der Waals surface area contributed by atoms with Crippen LogP contribution >= 0.6 is 0 Å². The summed E-state index contributed by atoms with van der Waals surface area (Å²) in [6.45, 7) is 5.80. The van der Waals surface area contributed by atoms with Gasteiger partial charge in [0.05, 0.1) is 6.10 Å². The van der Waals surface area contributed by atoms with E-state index in [9.17, 15) is 20.1 Å². The highest BCUT2D eigenvalue weighted by molar-refractivity contribution is 5.85. The van der Waals surface area contributed by atoms with Gasteiger partial charge in [-0.25, -0.2) is 0 Å². The molecule has 3 N–H and O–H groups in total. The molecule has 0 heterocycles. The molecule has 0 fully saturated rings. The summed E-state index contributed by atoms with van der Waals surface area (Å²) in [5, 5.41) is 31.9. The lowest BCUT2D eigenvalue weighted by Gasteiger charge is -2.33. The lowest BCUT2D eigenvalue weighted by molar-refractivity contribution is -0.162. The predicted octanol–water partition coefficient (Wildman–Crippen LogP) is 7.65. The third-order valence-corrected chi connectivity index (χ3v) is 7.23. The average Bonchev–Trinajstić information content (AvgIpc) is 2.80. The standard InChI is InChI=1S/C29H58O4/c1-4-6-8-10-12-14-16-18-20-22-24-27(31)28(32)29(33,26(3)30)25-23-21-19-17-15-13-11-9-7-5-2/h27-28,31-33H,4-25H2,1-3H3. The maximum absolute atomic E-state index is 12.1. The number of ketones is 1. The Hall–Kier alpha value is -0.450. The van der Waals surface area contributed by atoms with Crippen LogP contribution in [0.15, 0.2) is 0 Å². The van der Waals surface area contributed by atoms with Gasteiger partial charge < -0.3 is 15.3 Å². The Morgan fingerprint density at radius 2 is 0.939 bits per heavy atom. The van der Waals surface area contributed by atoms with E-state index in [2.05, 4.69) is 13.8 Å². The fourth-order valence-electron chi connectivity index (χ4n) is 4.73. The molecule has 33 heavy (non-hydrogen) atoms. The zero-order valence-corrected chi connectivity index (χ0v) is 22.5. The highest BCUT2D eigenvalue weighted by atomic mass is 16.4. The molecule has 0 aliphatic heterocycles. The monoisotopic (exact) mass is 470 g/mol. The molecule has 0 aliphatic rings. The number of rotatable bonds is 25. The molecule has 0 aromatic heterocycles. The van der Waals surface area contributed by atoms with Gasteiger partial charge in [-0.05, 0) is 19.8 Å². The van der Waals surface area contributed by atoms with Gasteiger partial charge in [0.15, 0.2) is 11.4 Å². The van der Waals surface area contributed by atoms with Gasteiger partial charge in [-0.1, -0.05) is 142 Å². The van der Waals surface area contributed by atoms with E-state index >= 15 is 0 Å². The molecule has 0 aliphatic carbocycles. The van der Waals surface area contributed by atoms with Crippen molar-refractivity contribution in [3.8, 4) is 0 Å². The Morgan fingerprint density at radius 1 is 0.606 bits per heavy atom. The summed E-state index contributed by atoms with van der Waals surface area (Å²) >= 11 is 0. The second-order valence-electron chi connectivity index (χ2n) is 10.4. The molecule has 4 nitrogen and oxygen atoms in total. The molecule has 4 heteroatoms. The van der Waals surface area contributed by atoms with Crippen LogP contribution in [0.3, 0.4) is 0 Å². The Kier molecular flexibility index (Phi) is 21.7. The van der Waals surface area contributed by atoms with Gasteiger partial charge in [0, 0.05) is 0 Å². The first-order valence-corrected chi connectivity index (χ1v) is 14.5. The van der Waals surface area contributed by atoms with Crippen molar-refractivity contribution in [2.45, 2.75) is 180 Å². The van der Waals surface area contributed by atoms with Crippen molar-refractivity contribution >= 4 is 5.78 Å². The number of hydrogen-bond acceptors (Lipinski definition) is 4. The quantitative estimate of drug-likeness (QED) is 0.120. The molecular formula is C29H58O4. The van der Waals surface area contributed by atoms with Crippen LogP contribution in [-0.2, 0) is 4.79 Å². The number of unbranched alkanes of at least 4 members (excludes halogenated alkanes) is 18. The van der Waals surface area contributed by atoms with Crippen LogP contribution in [0.5, 0.6) is 0 Å². The summed E-state index contributed by atoms with van der Waals surface area (Å²) in [5.41, 5.74) is -1.82. The highest BCUT2D eigenvalue weighted by Gasteiger charge is 2.43. The Labute approximate surface area is 206 Å². The first kappa shape index (κ1) is 32.5. The molecule has 0 aromatic carbocycles. The molecule has 0 spiro atoms. The Bertz CT molecular complexity index is 439. The molecule has 0 saturated heterocycles. The minimum Gasteiger partial charge on any atom is -0.390 e. The predicted molar refractivity (Wildman–Crippen MR) is 141 cm³/mol. The maximum atomic E-state index is 12.1. The lowest BCUT2D eigenvalue weighted by atomic mass is 9.82. The van der Waals surface area contributed by atoms with Gasteiger partial charge in [-0.15, -0.1) is 0 Å². The van der Waals surface area contributed by atoms with Crippen molar-refractivity contribution in [2.24, 2.45) is 0 Å². The molecule has 3 unspecified atom stereocenters. The molecule has 0 radical (unpaired) electrons. The highest BCUT2D eigenvalue weighted by Crippen LogP contribution is 2.26. The summed E-state index contributed by atoms with van der Waals surface area (Å²) in [7, 11) is 0. The van der Waals surface area contributed by atoms with Crippen LogP contribution in [-0.4, -0.2) is 38.9 Å². The van der Waals surface area contributed by atoms with Crippen LogP contribution in [0.4, 0.5) is 0 Å². The fraction of sp³-hybridized carbons (Fsp3) is 0.966. The smallest absolute Gasteiger partial charge is 0.164 e. The van der Waals surface area contributed by atoms with Crippen LogP contribution in [0.1, 0.15) is 162 Å². The van der Waals surface area contributed by atoms with Crippen LogP contribution < -0.4 is 0 Å². The average molecular weight is 471 g/mol. The van der Waals surface area contributed by atoms with Crippen LogP contribution in [0.2, 0.25) is 0 Å². The van der Waals surface area contributed by atoms with Gasteiger partial charge in [0.2, 0.25) is 0 Å². The van der Waals surface area contributed by atoms with E-state index in [-0.39, 0.29) is 6.42 Å². The van der Waals surface area contributed by atoms with Gasteiger partial charge in [-0.3, -0.25) is 4.79 Å². The number of carbonyl (C=O) groups is 1. The SMILES string of the molecule is CCCCCCCCCCCCC(O)C(O)C(O)(CCCCCCCCCCCC)C(C)=O. The topological polar surface area (TPSA) is 77.8 Å². The number of carbonyl (C=O) groups excluding carboxylic acids is 1. The van der Waals surface area contributed by atoms with Crippen molar-refractivity contribution in [3.05, 3.63) is 0 Å². The maximum Gasteiger partial charge on any atom is 0.164 e. The van der Waals surface area contributed by atoms with E-state index in [1.54, 1.807) is 0 Å². The van der Waals surface area contributed by atoms with E-state index in [0.717, 1.165) is 32.1 Å². The van der Waals surface area contributed by atoms with E-state index in [1.807, 2.05) is 0 Å². The summed E-state index contributed by atoms with van der Waals surface area (Å²) < 4.78 is 0. The number of hydrogen-bond donors (Lipinski definition) is 3. The second kappa shape index (κ2) is 22.0. The van der Waals surface area contributed by atoms with Crippen molar-refractivity contribution < 1.29 is 20.1 Å². The van der Waals surface area contributed by atoms with E-state index < -0.39 is 23.6 Å². The fourth-order valence-corrected chi connectivity index (χ4v) is 4.73. The number of Topliss-reactive ketones (excluding diaryl/α,β-unsaturated/α-hetero) is 1. The summed E-state index contributed by atoms with van der Waals surface area (Å²) in [4.78, 5) is 12.1. The Morgan fingerprint density at radius 3 is 1.30 bits per heavy atom. The van der Waals surface area contributed by atoms with Crippen LogP contribution in [0, 0.1) is 0 Å². The third-order valence-electron chi connectivity index (χ3n) is 7.23. The summed E-state index contributed by atoms with van der Waals surface area (Å²) in [5.74, 6) is -0.437. The van der Waals surface area contributed by atoms with Crippen LogP contribution in [0.25, 0.3) is 0 Å². The van der Waals surface area contributed by atoms with Crippen molar-refractivity contribution in [1.29, 1.82) is 0 Å². The largest absolute Gasteiger partial charge is 0.390 e.